The molecule has 2 rings (SSSR count). The molecule has 0 saturated carbocycles. The van der Waals surface area contributed by atoms with E-state index in [4.69, 9.17) is 0 Å². The van der Waals surface area contributed by atoms with Crippen LogP contribution in [0.2, 0.25) is 0 Å². The number of pyridine rings is 1. The number of benzene rings is 1. The maximum atomic E-state index is 12.6. The topological polar surface area (TPSA) is 59.3 Å². The molecule has 0 radical (unpaired) electrons. The zero-order chi connectivity index (χ0) is 15.4. The Morgan fingerprint density at radius 3 is 2.52 bits per heavy atom. The number of carbonyl (C=O) groups is 1. The number of carboxylic acid groups (broad SMARTS) is 1. The predicted octanol–water partition coefficient (Wildman–Crippen LogP) is 3.61. The number of aromatic carboxylic acids is 1. The third-order valence-electron chi connectivity index (χ3n) is 3.18. The first-order valence-corrected chi connectivity index (χ1v) is 6.81. The molecular formula is C17H17NO3. The van der Waals surface area contributed by atoms with E-state index < -0.39 is 5.97 Å². The molecule has 0 atom stereocenters. The molecule has 1 heterocycles. The molecule has 1 N–H and O–H groups in total. The van der Waals surface area contributed by atoms with Crippen molar-refractivity contribution in [1.82, 2.24) is 4.57 Å². The Morgan fingerprint density at radius 1 is 1.29 bits per heavy atom. The Hall–Kier alpha value is -2.62. The minimum absolute atomic E-state index is 0.146. The number of fused-ring (bicyclic) bond motifs is 1. The monoisotopic (exact) mass is 283 g/mol. The van der Waals surface area contributed by atoms with E-state index in [1.54, 1.807) is 49.5 Å². The molecule has 0 spiro atoms. The van der Waals surface area contributed by atoms with E-state index in [9.17, 15) is 14.7 Å². The van der Waals surface area contributed by atoms with Gasteiger partial charge in [-0.1, -0.05) is 37.3 Å². The van der Waals surface area contributed by atoms with Gasteiger partial charge in [-0.05, 0) is 25.5 Å². The van der Waals surface area contributed by atoms with Gasteiger partial charge in [0.2, 0.25) is 0 Å². The molecule has 0 aliphatic heterocycles. The van der Waals surface area contributed by atoms with E-state index in [0.717, 1.165) is 6.42 Å². The zero-order valence-corrected chi connectivity index (χ0v) is 12.0. The zero-order valence-electron chi connectivity index (χ0n) is 12.0. The molecule has 0 bridgehead atoms. The quantitative estimate of drug-likeness (QED) is 0.932. The number of rotatable bonds is 4. The molecule has 2 aromatic rings. The molecule has 4 heteroatoms. The van der Waals surface area contributed by atoms with Crippen molar-refractivity contribution in [3.05, 3.63) is 58.0 Å². The van der Waals surface area contributed by atoms with Crippen LogP contribution in [0.3, 0.4) is 0 Å². The van der Waals surface area contributed by atoms with Crippen LogP contribution in [-0.2, 0) is 0 Å². The van der Waals surface area contributed by atoms with Crippen molar-refractivity contribution in [2.24, 2.45) is 0 Å². The predicted molar refractivity (Wildman–Crippen MR) is 85.5 cm³/mol. The molecule has 0 amide bonds. The van der Waals surface area contributed by atoms with Gasteiger partial charge < -0.3 is 5.11 Å². The Labute approximate surface area is 122 Å². The van der Waals surface area contributed by atoms with Crippen molar-refractivity contribution in [3.8, 4) is 0 Å². The molecule has 0 aliphatic rings. The molecule has 0 fully saturated rings. The van der Waals surface area contributed by atoms with Gasteiger partial charge in [-0.3, -0.25) is 9.36 Å². The summed E-state index contributed by atoms with van der Waals surface area (Å²) in [6.45, 7) is 3.74. The van der Waals surface area contributed by atoms with Crippen molar-refractivity contribution in [2.75, 3.05) is 0 Å². The molecule has 0 unspecified atom stereocenters. The van der Waals surface area contributed by atoms with E-state index in [1.165, 1.54) is 4.57 Å². The second-order valence-corrected chi connectivity index (χ2v) is 4.58. The summed E-state index contributed by atoms with van der Waals surface area (Å²) in [5.41, 5.74) is 0.323. The normalized spacial score (nSPS) is 11.7. The highest BCUT2D eigenvalue weighted by Crippen LogP contribution is 2.21. The minimum atomic E-state index is -1.04. The lowest BCUT2D eigenvalue weighted by Crippen LogP contribution is -2.22. The average molecular weight is 283 g/mol. The molecule has 108 valence electrons. The van der Waals surface area contributed by atoms with Crippen LogP contribution in [0, 0.1) is 0 Å². The van der Waals surface area contributed by atoms with E-state index >= 15 is 0 Å². The third kappa shape index (κ3) is 2.65. The summed E-state index contributed by atoms with van der Waals surface area (Å²) in [4.78, 5) is 24.3. The molecule has 0 aliphatic carbocycles. The summed E-state index contributed by atoms with van der Waals surface area (Å²) >= 11 is 0. The fraction of sp³-hybridized carbons (Fsp3) is 0.176. The maximum Gasteiger partial charge on any atom is 0.338 e. The third-order valence-corrected chi connectivity index (χ3v) is 3.18. The maximum absolute atomic E-state index is 12.6. The van der Waals surface area contributed by atoms with Gasteiger partial charge in [0.15, 0.2) is 0 Å². The summed E-state index contributed by atoms with van der Waals surface area (Å²) in [6, 6.07) is 6.79. The van der Waals surface area contributed by atoms with E-state index in [0.29, 0.717) is 16.5 Å². The Bertz CT molecular complexity index is 798. The molecule has 21 heavy (non-hydrogen) atoms. The molecule has 1 aromatic carbocycles. The highest BCUT2D eigenvalue weighted by Gasteiger charge is 2.18. The fourth-order valence-corrected chi connectivity index (χ4v) is 2.30. The molecule has 0 saturated heterocycles. The standard InChI is InChI=1S/C17H17NO3/c1-3-5-10-14-15(17(20)21)12-8-6-7-9-13(12)16(19)18(14)11-4-2/h4-11H,3H2,1-2H3,(H,20,21)/b10-5+,11-4+. The first-order valence-electron chi connectivity index (χ1n) is 6.81. The van der Waals surface area contributed by atoms with Crippen LogP contribution in [0.25, 0.3) is 23.0 Å². The van der Waals surface area contributed by atoms with Crippen molar-refractivity contribution < 1.29 is 9.90 Å². The Balaban J connectivity index is 3.03. The SMILES string of the molecule is C/C=C/n1c(/C=C/CC)c(C(=O)O)c2ccccc2c1=O. The summed E-state index contributed by atoms with van der Waals surface area (Å²) < 4.78 is 1.39. The minimum Gasteiger partial charge on any atom is -0.478 e. The van der Waals surface area contributed by atoms with Crippen LogP contribution in [0.5, 0.6) is 0 Å². The van der Waals surface area contributed by atoms with E-state index in [2.05, 4.69) is 0 Å². The van der Waals surface area contributed by atoms with E-state index in [-0.39, 0.29) is 11.1 Å². The number of hydrogen-bond acceptors (Lipinski definition) is 2. The van der Waals surface area contributed by atoms with Crippen LogP contribution in [0.1, 0.15) is 36.3 Å². The van der Waals surface area contributed by atoms with Crippen molar-refractivity contribution >= 4 is 29.0 Å². The average Bonchev–Trinajstić information content (AvgIpc) is 2.48. The van der Waals surface area contributed by atoms with Crippen molar-refractivity contribution in [2.45, 2.75) is 20.3 Å². The van der Waals surface area contributed by atoms with Crippen LogP contribution >= 0.6 is 0 Å². The lowest BCUT2D eigenvalue weighted by molar-refractivity contribution is 0.0698. The molecular weight excluding hydrogens is 266 g/mol. The van der Waals surface area contributed by atoms with Gasteiger partial charge in [-0.25, -0.2) is 4.79 Å². The first-order chi connectivity index (χ1) is 10.1. The lowest BCUT2D eigenvalue weighted by atomic mass is 10.0. The molecule has 1 aromatic heterocycles. The number of nitrogens with zero attached hydrogens (tertiary/aromatic N) is 1. The van der Waals surface area contributed by atoms with Crippen LogP contribution in [0.15, 0.2) is 41.2 Å². The Morgan fingerprint density at radius 2 is 1.95 bits per heavy atom. The summed E-state index contributed by atoms with van der Waals surface area (Å²) in [6.07, 6.45) is 7.60. The van der Waals surface area contributed by atoms with Crippen LogP contribution in [-0.4, -0.2) is 15.6 Å². The van der Waals surface area contributed by atoms with Gasteiger partial charge in [-0.2, -0.15) is 0 Å². The second kappa shape index (κ2) is 6.22. The van der Waals surface area contributed by atoms with Gasteiger partial charge in [0, 0.05) is 17.0 Å². The van der Waals surface area contributed by atoms with E-state index in [1.807, 2.05) is 13.0 Å². The summed E-state index contributed by atoms with van der Waals surface area (Å²) in [7, 11) is 0. The Kier molecular flexibility index (Phi) is 4.38. The van der Waals surface area contributed by atoms with Gasteiger partial charge in [-0.15, -0.1) is 0 Å². The fourth-order valence-electron chi connectivity index (χ4n) is 2.30. The van der Waals surface area contributed by atoms with Gasteiger partial charge >= 0.3 is 5.97 Å². The largest absolute Gasteiger partial charge is 0.478 e. The summed E-state index contributed by atoms with van der Waals surface area (Å²) in [5, 5.41) is 10.4. The highest BCUT2D eigenvalue weighted by molar-refractivity contribution is 6.06. The van der Waals surface area contributed by atoms with Crippen LogP contribution in [0.4, 0.5) is 0 Å². The van der Waals surface area contributed by atoms with Crippen LogP contribution < -0.4 is 5.56 Å². The van der Waals surface area contributed by atoms with Gasteiger partial charge in [0.1, 0.15) is 0 Å². The number of aromatic nitrogens is 1. The number of hydrogen-bond donors (Lipinski definition) is 1. The van der Waals surface area contributed by atoms with Gasteiger partial charge in [0.25, 0.3) is 5.56 Å². The number of allylic oxidation sites excluding steroid dienone is 2. The first kappa shape index (κ1) is 14.8. The summed E-state index contributed by atoms with van der Waals surface area (Å²) in [5.74, 6) is -1.04. The highest BCUT2D eigenvalue weighted by atomic mass is 16.4. The second-order valence-electron chi connectivity index (χ2n) is 4.58. The van der Waals surface area contributed by atoms with Crippen molar-refractivity contribution in [3.63, 3.8) is 0 Å². The van der Waals surface area contributed by atoms with Gasteiger partial charge in [0.05, 0.1) is 11.3 Å². The van der Waals surface area contributed by atoms with Crippen molar-refractivity contribution in [1.29, 1.82) is 0 Å². The smallest absolute Gasteiger partial charge is 0.338 e. The molecule has 4 nitrogen and oxygen atoms in total. The number of carboxylic acids is 1. The lowest BCUT2D eigenvalue weighted by Gasteiger charge is -2.12.